The summed E-state index contributed by atoms with van der Waals surface area (Å²) in [5, 5.41) is 4.08. The molecule has 3 nitrogen and oxygen atoms in total. The molecule has 1 aliphatic rings. The molecule has 0 spiro atoms. The maximum absolute atomic E-state index is 6.20. The molecular formula is C15H13BrClNO2. The van der Waals surface area contributed by atoms with E-state index in [0.717, 1.165) is 32.2 Å². The third-order valence-electron chi connectivity index (χ3n) is 3.04. The Hall–Kier alpha value is -1.39. The lowest BCUT2D eigenvalue weighted by atomic mass is 10.2. The smallest absolute Gasteiger partial charge is 0.163 e. The van der Waals surface area contributed by atoms with Crippen LogP contribution in [0, 0.1) is 0 Å². The summed E-state index contributed by atoms with van der Waals surface area (Å²) in [5.41, 5.74) is 2.03. The summed E-state index contributed by atoms with van der Waals surface area (Å²) in [6.07, 6.45) is 0. The van der Waals surface area contributed by atoms with Crippen molar-refractivity contribution in [3.05, 3.63) is 51.5 Å². The number of hydrogen-bond acceptors (Lipinski definition) is 3. The summed E-state index contributed by atoms with van der Waals surface area (Å²) < 4.78 is 12.0. The third kappa shape index (κ3) is 3.02. The highest BCUT2D eigenvalue weighted by Gasteiger charge is 2.11. The largest absolute Gasteiger partial charge is 0.486 e. The Morgan fingerprint density at radius 1 is 1.05 bits per heavy atom. The van der Waals surface area contributed by atoms with Gasteiger partial charge in [-0.1, -0.05) is 33.6 Å². The van der Waals surface area contributed by atoms with Gasteiger partial charge in [-0.25, -0.2) is 0 Å². The van der Waals surface area contributed by atoms with Crippen molar-refractivity contribution in [3.63, 3.8) is 0 Å². The first-order valence-corrected chi connectivity index (χ1v) is 7.47. The molecule has 0 radical (unpaired) electrons. The molecule has 2 aromatic carbocycles. The Labute approximate surface area is 131 Å². The van der Waals surface area contributed by atoms with Gasteiger partial charge in [-0.05, 0) is 29.8 Å². The molecule has 0 amide bonds. The van der Waals surface area contributed by atoms with E-state index in [1.54, 1.807) is 0 Å². The molecule has 5 heteroatoms. The van der Waals surface area contributed by atoms with Gasteiger partial charge < -0.3 is 14.8 Å². The SMILES string of the molecule is Clc1cc(Br)ccc1CNc1ccc2c(c1)OCCO2. The molecule has 0 bridgehead atoms. The van der Waals surface area contributed by atoms with Crippen LogP contribution < -0.4 is 14.8 Å². The van der Waals surface area contributed by atoms with Crippen molar-refractivity contribution < 1.29 is 9.47 Å². The van der Waals surface area contributed by atoms with Gasteiger partial charge in [0, 0.05) is 27.8 Å². The number of fused-ring (bicyclic) bond motifs is 1. The topological polar surface area (TPSA) is 30.5 Å². The summed E-state index contributed by atoms with van der Waals surface area (Å²) in [6, 6.07) is 11.7. The lowest BCUT2D eigenvalue weighted by Gasteiger charge is -2.19. The van der Waals surface area contributed by atoms with Crippen molar-refractivity contribution in [1.29, 1.82) is 0 Å². The molecule has 104 valence electrons. The first-order valence-electron chi connectivity index (χ1n) is 6.30. The quantitative estimate of drug-likeness (QED) is 0.881. The van der Waals surface area contributed by atoms with Crippen molar-refractivity contribution in [2.45, 2.75) is 6.54 Å². The van der Waals surface area contributed by atoms with E-state index < -0.39 is 0 Å². The molecule has 2 aromatic rings. The van der Waals surface area contributed by atoms with E-state index in [1.807, 2.05) is 36.4 Å². The van der Waals surface area contributed by atoms with Crippen molar-refractivity contribution >= 4 is 33.2 Å². The zero-order chi connectivity index (χ0) is 13.9. The Balaban J connectivity index is 1.72. The zero-order valence-electron chi connectivity index (χ0n) is 10.7. The van der Waals surface area contributed by atoms with Gasteiger partial charge in [-0.15, -0.1) is 0 Å². The Kier molecular flexibility index (Phi) is 4.03. The highest BCUT2D eigenvalue weighted by atomic mass is 79.9. The van der Waals surface area contributed by atoms with E-state index in [2.05, 4.69) is 21.2 Å². The molecule has 0 saturated carbocycles. The molecule has 1 N–H and O–H groups in total. The number of halogens is 2. The summed E-state index contributed by atoms with van der Waals surface area (Å²) in [4.78, 5) is 0. The number of hydrogen-bond donors (Lipinski definition) is 1. The van der Waals surface area contributed by atoms with Crippen LogP contribution in [0.5, 0.6) is 11.5 Å². The number of rotatable bonds is 3. The van der Waals surface area contributed by atoms with Gasteiger partial charge in [-0.3, -0.25) is 0 Å². The number of benzene rings is 2. The van der Waals surface area contributed by atoms with E-state index >= 15 is 0 Å². The molecule has 3 rings (SSSR count). The number of anilines is 1. The molecule has 20 heavy (non-hydrogen) atoms. The van der Waals surface area contributed by atoms with Crippen LogP contribution in [0.15, 0.2) is 40.9 Å². The van der Waals surface area contributed by atoms with E-state index in [-0.39, 0.29) is 0 Å². The minimum absolute atomic E-state index is 0.592. The van der Waals surface area contributed by atoms with Crippen LogP contribution >= 0.6 is 27.5 Å². The minimum Gasteiger partial charge on any atom is -0.486 e. The molecular weight excluding hydrogens is 342 g/mol. The van der Waals surface area contributed by atoms with Crippen LogP contribution in [0.2, 0.25) is 5.02 Å². The zero-order valence-corrected chi connectivity index (χ0v) is 13.0. The maximum Gasteiger partial charge on any atom is 0.163 e. The molecule has 0 aliphatic carbocycles. The normalized spacial score (nSPS) is 13.1. The minimum atomic E-state index is 0.592. The lowest BCUT2D eigenvalue weighted by Crippen LogP contribution is -2.15. The molecule has 0 fully saturated rings. The molecule has 0 unspecified atom stereocenters. The van der Waals surface area contributed by atoms with Gasteiger partial charge in [0.15, 0.2) is 11.5 Å². The van der Waals surface area contributed by atoms with Crippen molar-refractivity contribution in [3.8, 4) is 11.5 Å². The summed E-state index contributed by atoms with van der Waals surface area (Å²) in [6.45, 7) is 1.86. The second-order valence-corrected chi connectivity index (χ2v) is 5.77. The highest BCUT2D eigenvalue weighted by Crippen LogP contribution is 2.33. The van der Waals surface area contributed by atoms with Gasteiger partial charge in [-0.2, -0.15) is 0 Å². The molecule has 0 aromatic heterocycles. The van der Waals surface area contributed by atoms with E-state index in [4.69, 9.17) is 21.1 Å². The van der Waals surface area contributed by atoms with E-state index in [9.17, 15) is 0 Å². The lowest BCUT2D eigenvalue weighted by molar-refractivity contribution is 0.171. The Bertz CT molecular complexity index is 633. The van der Waals surface area contributed by atoms with Crippen LogP contribution in [0.3, 0.4) is 0 Å². The third-order valence-corrected chi connectivity index (χ3v) is 3.89. The van der Waals surface area contributed by atoms with Gasteiger partial charge in [0.25, 0.3) is 0 Å². The van der Waals surface area contributed by atoms with Crippen molar-refractivity contribution in [2.24, 2.45) is 0 Å². The van der Waals surface area contributed by atoms with Crippen molar-refractivity contribution in [1.82, 2.24) is 0 Å². The summed E-state index contributed by atoms with van der Waals surface area (Å²) >= 11 is 9.59. The second kappa shape index (κ2) is 5.94. The van der Waals surface area contributed by atoms with Crippen LogP contribution in [0.4, 0.5) is 5.69 Å². The van der Waals surface area contributed by atoms with Crippen molar-refractivity contribution in [2.75, 3.05) is 18.5 Å². The van der Waals surface area contributed by atoms with Crippen LogP contribution in [-0.2, 0) is 6.54 Å². The highest BCUT2D eigenvalue weighted by molar-refractivity contribution is 9.10. The predicted molar refractivity (Wildman–Crippen MR) is 83.9 cm³/mol. The Morgan fingerprint density at radius 2 is 1.85 bits per heavy atom. The van der Waals surface area contributed by atoms with Gasteiger partial charge in [0.1, 0.15) is 13.2 Å². The van der Waals surface area contributed by atoms with Crippen LogP contribution in [-0.4, -0.2) is 13.2 Å². The fourth-order valence-electron chi connectivity index (χ4n) is 2.02. The predicted octanol–water partition coefficient (Wildman–Crippen LogP) is 4.49. The fourth-order valence-corrected chi connectivity index (χ4v) is 2.76. The second-order valence-electron chi connectivity index (χ2n) is 4.45. The van der Waals surface area contributed by atoms with Gasteiger partial charge in [0.05, 0.1) is 0 Å². The fraction of sp³-hybridized carbons (Fsp3) is 0.200. The van der Waals surface area contributed by atoms with Gasteiger partial charge in [0.2, 0.25) is 0 Å². The van der Waals surface area contributed by atoms with Crippen LogP contribution in [0.25, 0.3) is 0 Å². The first-order chi connectivity index (χ1) is 9.72. The Morgan fingerprint density at radius 3 is 2.65 bits per heavy atom. The average Bonchev–Trinajstić information content (AvgIpc) is 2.46. The summed E-state index contributed by atoms with van der Waals surface area (Å²) in [5.74, 6) is 1.58. The monoisotopic (exact) mass is 353 g/mol. The first kappa shape index (κ1) is 13.6. The standard InChI is InChI=1S/C15H13BrClNO2/c16-11-2-1-10(13(17)7-11)9-18-12-3-4-14-15(8-12)20-6-5-19-14/h1-4,7-8,18H,5-6,9H2. The summed E-state index contributed by atoms with van der Waals surface area (Å²) in [7, 11) is 0. The maximum atomic E-state index is 6.20. The number of nitrogens with one attached hydrogen (secondary N) is 1. The average molecular weight is 355 g/mol. The molecule has 1 heterocycles. The van der Waals surface area contributed by atoms with E-state index in [0.29, 0.717) is 19.8 Å². The van der Waals surface area contributed by atoms with Gasteiger partial charge >= 0.3 is 0 Å². The molecule has 0 saturated heterocycles. The number of ether oxygens (including phenoxy) is 2. The molecule has 1 aliphatic heterocycles. The van der Waals surface area contributed by atoms with Crippen LogP contribution in [0.1, 0.15) is 5.56 Å². The van der Waals surface area contributed by atoms with E-state index in [1.165, 1.54) is 0 Å². The molecule has 0 atom stereocenters.